The summed E-state index contributed by atoms with van der Waals surface area (Å²) < 4.78 is 13.4. The van der Waals surface area contributed by atoms with Crippen LogP contribution in [0.4, 0.5) is 10.1 Å². The molecule has 106 valence electrons. The van der Waals surface area contributed by atoms with Crippen LogP contribution in [-0.2, 0) is 11.2 Å². The van der Waals surface area contributed by atoms with Crippen molar-refractivity contribution in [1.29, 1.82) is 0 Å². The molecular formula is C17H14FNO2. The smallest absolute Gasteiger partial charge is 0.224 e. The Labute approximate surface area is 121 Å². The zero-order valence-electron chi connectivity index (χ0n) is 11.6. The van der Waals surface area contributed by atoms with Crippen LogP contribution in [-0.4, -0.2) is 11.7 Å². The van der Waals surface area contributed by atoms with Crippen LogP contribution in [0.15, 0.2) is 36.4 Å². The number of aryl methyl sites for hydroxylation is 2. The molecule has 0 spiro atoms. The lowest BCUT2D eigenvalue weighted by molar-refractivity contribution is -0.116. The molecule has 0 radical (unpaired) electrons. The lowest BCUT2D eigenvalue weighted by Gasteiger charge is -2.17. The van der Waals surface area contributed by atoms with E-state index in [0.29, 0.717) is 29.5 Å². The van der Waals surface area contributed by atoms with E-state index in [-0.39, 0.29) is 11.7 Å². The van der Waals surface area contributed by atoms with Gasteiger partial charge in [-0.15, -0.1) is 0 Å². The first kappa shape index (κ1) is 13.5. The van der Waals surface area contributed by atoms with Gasteiger partial charge >= 0.3 is 0 Å². The monoisotopic (exact) mass is 283 g/mol. The van der Waals surface area contributed by atoms with E-state index < -0.39 is 5.82 Å². The van der Waals surface area contributed by atoms with Gasteiger partial charge in [0, 0.05) is 23.2 Å². The third kappa shape index (κ3) is 2.70. The van der Waals surface area contributed by atoms with Gasteiger partial charge in [-0.3, -0.25) is 9.59 Å². The molecule has 2 aromatic carbocycles. The third-order valence-electron chi connectivity index (χ3n) is 3.57. The number of benzene rings is 2. The number of ketones is 1. The van der Waals surface area contributed by atoms with Crippen molar-refractivity contribution in [3.05, 3.63) is 64.5 Å². The highest BCUT2D eigenvalue weighted by molar-refractivity contribution is 6.09. The molecule has 0 aromatic heterocycles. The van der Waals surface area contributed by atoms with Crippen molar-refractivity contribution < 1.29 is 14.0 Å². The minimum absolute atomic E-state index is 0.0117. The average molecular weight is 283 g/mol. The van der Waals surface area contributed by atoms with Crippen LogP contribution in [0, 0.1) is 12.7 Å². The fourth-order valence-corrected chi connectivity index (χ4v) is 2.56. The molecule has 0 saturated carbocycles. The highest BCUT2D eigenvalue weighted by atomic mass is 19.1. The van der Waals surface area contributed by atoms with Crippen LogP contribution in [0.3, 0.4) is 0 Å². The fraction of sp³-hybridized carbons (Fsp3) is 0.176. The Bertz CT molecular complexity index is 732. The van der Waals surface area contributed by atoms with Crippen molar-refractivity contribution in [3.63, 3.8) is 0 Å². The van der Waals surface area contributed by atoms with Crippen molar-refractivity contribution in [2.75, 3.05) is 5.32 Å². The first-order chi connectivity index (χ1) is 10.0. The van der Waals surface area contributed by atoms with E-state index >= 15 is 0 Å². The molecule has 0 atom stereocenters. The zero-order chi connectivity index (χ0) is 15.0. The van der Waals surface area contributed by atoms with Crippen LogP contribution < -0.4 is 5.32 Å². The molecule has 0 aliphatic carbocycles. The number of fused-ring (bicyclic) bond motifs is 1. The topological polar surface area (TPSA) is 46.2 Å². The van der Waals surface area contributed by atoms with E-state index in [1.165, 1.54) is 12.1 Å². The maximum absolute atomic E-state index is 13.4. The quantitative estimate of drug-likeness (QED) is 0.860. The van der Waals surface area contributed by atoms with Crippen LogP contribution in [0.2, 0.25) is 0 Å². The van der Waals surface area contributed by atoms with Crippen LogP contribution in [0.1, 0.15) is 33.5 Å². The molecule has 0 bridgehead atoms. The normalized spacial score (nSPS) is 13.5. The largest absolute Gasteiger partial charge is 0.326 e. The second-order valence-corrected chi connectivity index (χ2v) is 5.27. The van der Waals surface area contributed by atoms with Crippen LogP contribution in [0.5, 0.6) is 0 Å². The Hall–Kier alpha value is -2.49. The highest BCUT2D eigenvalue weighted by Gasteiger charge is 2.17. The molecule has 1 aliphatic rings. The minimum Gasteiger partial charge on any atom is -0.326 e. The molecule has 3 nitrogen and oxygen atoms in total. The molecule has 2 aromatic rings. The Morgan fingerprint density at radius 3 is 2.67 bits per heavy atom. The summed E-state index contributed by atoms with van der Waals surface area (Å²) in [5.41, 5.74) is 3.25. The van der Waals surface area contributed by atoms with Gasteiger partial charge in [-0.25, -0.2) is 4.39 Å². The van der Waals surface area contributed by atoms with Crippen LogP contribution >= 0.6 is 0 Å². The predicted molar refractivity (Wildman–Crippen MR) is 78.0 cm³/mol. The van der Waals surface area contributed by atoms with E-state index in [9.17, 15) is 14.0 Å². The molecule has 1 N–H and O–H groups in total. The fourth-order valence-electron chi connectivity index (χ4n) is 2.56. The number of amides is 1. The molecule has 3 rings (SSSR count). The number of hydrogen-bond acceptors (Lipinski definition) is 2. The van der Waals surface area contributed by atoms with Gasteiger partial charge in [-0.2, -0.15) is 0 Å². The maximum atomic E-state index is 13.4. The molecule has 0 fully saturated rings. The summed E-state index contributed by atoms with van der Waals surface area (Å²) in [5, 5.41) is 2.77. The van der Waals surface area contributed by atoms with Gasteiger partial charge in [0.15, 0.2) is 5.78 Å². The van der Waals surface area contributed by atoms with E-state index in [1.807, 2.05) is 0 Å². The number of carbonyl (C=O) groups excluding carboxylic acids is 2. The van der Waals surface area contributed by atoms with Gasteiger partial charge in [0.05, 0.1) is 0 Å². The second kappa shape index (κ2) is 5.13. The average Bonchev–Trinajstić information content (AvgIpc) is 2.45. The molecule has 4 heteroatoms. The van der Waals surface area contributed by atoms with E-state index in [0.717, 1.165) is 11.3 Å². The first-order valence-electron chi connectivity index (χ1n) is 6.77. The van der Waals surface area contributed by atoms with Gasteiger partial charge in [0.25, 0.3) is 0 Å². The van der Waals surface area contributed by atoms with E-state index in [1.54, 1.807) is 31.2 Å². The lowest BCUT2D eigenvalue weighted by atomic mass is 9.96. The predicted octanol–water partition coefficient (Wildman–Crippen LogP) is 3.25. The lowest BCUT2D eigenvalue weighted by Crippen LogP contribution is -2.19. The Kier molecular flexibility index (Phi) is 3.29. The molecule has 0 saturated heterocycles. The standard InChI is InChI=1S/C17H14FNO2/c1-10-6-13(9-14(18)7-10)17(21)12-2-4-15-11(8-12)3-5-16(20)19-15/h2,4,6-9H,3,5H2,1H3,(H,19,20). The first-order valence-corrected chi connectivity index (χ1v) is 6.77. The van der Waals surface area contributed by atoms with Gasteiger partial charge in [0.1, 0.15) is 5.82 Å². The third-order valence-corrected chi connectivity index (χ3v) is 3.57. The van der Waals surface area contributed by atoms with Crippen molar-refractivity contribution in [2.45, 2.75) is 19.8 Å². The zero-order valence-corrected chi connectivity index (χ0v) is 11.6. The second-order valence-electron chi connectivity index (χ2n) is 5.27. The van der Waals surface area contributed by atoms with Crippen LogP contribution in [0.25, 0.3) is 0 Å². The maximum Gasteiger partial charge on any atom is 0.224 e. The summed E-state index contributed by atoms with van der Waals surface area (Å²) in [6.07, 6.45) is 1.04. The SMILES string of the molecule is Cc1cc(F)cc(C(=O)c2ccc3c(c2)CCC(=O)N3)c1. The molecule has 0 unspecified atom stereocenters. The Morgan fingerprint density at radius 1 is 1.10 bits per heavy atom. The van der Waals surface area contributed by atoms with Crippen molar-refractivity contribution in [2.24, 2.45) is 0 Å². The highest BCUT2D eigenvalue weighted by Crippen LogP contribution is 2.25. The molecule has 1 amide bonds. The molecule has 21 heavy (non-hydrogen) atoms. The number of rotatable bonds is 2. The Morgan fingerprint density at radius 2 is 1.90 bits per heavy atom. The number of hydrogen-bond donors (Lipinski definition) is 1. The summed E-state index contributed by atoms with van der Waals surface area (Å²) in [7, 11) is 0. The van der Waals surface area contributed by atoms with Crippen molar-refractivity contribution in [3.8, 4) is 0 Å². The molecule has 1 aliphatic heterocycles. The van der Waals surface area contributed by atoms with Gasteiger partial charge in [-0.1, -0.05) is 0 Å². The number of carbonyl (C=O) groups is 2. The summed E-state index contributed by atoms with van der Waals surface area (Å²) in [5.74, 6) is -0.636. The summed E-state index contributed by atoms with van der Waals surface area (Å²) in [4.78, 5) is 23.8. The van der Waals surface area contributed by atoms with Gasteiger partial charge < -0.3 is 5.32 Å². The Balaban J connectivity index is 1.97. The molecular weight excluding hydrogens is 269 g/mol. The number of anilines is 1. The van der Waals surface area contributed by atoms with E-state index in [2.05, 4.69) is 5.32 Å². The van der Waals surface area contributed by atoms with Crippen molar-refractivity contribution >= 4 is 17.4 Å². The number of nitrogens with one attached hydrogen (secondary N) is 1. The summed E-state index contributed by atoms with van der Waals surface area (Å²) >= 11 is 0. The molecule has 1 heterocycles. The van der Waals surface area contributed by atoms with Gasteiger partial charge in [-0.05, 0) is 60.9 Å². The van der Waals surface area contributed by atoms with E-state index in [4.69, 9.17) is 0 Å². The summed E-state index contributed by atoms with van der Waals surface area (Å²) in [6.45, 7) is 1.75. The summed E-state index contributed by atoms with van der Waals surface area (Å²) in [6, 6.07) is 9.47. The van der Waals surface area contributed by atoms with Crippen molar-refractivity contribution in [1.82, 2.24) is 0 Å². The van der Waals surface area contributed by atoms with Gasteiger partial charge in [0.2, 0.25) is 5.91 Å². The minimum atomic E-state index is -0.413. The number of halogens is 1.